The van der Waals surface area contributed by atoms with Gasteiger partial charge in [0.25, 0.3) is 0 Å². The average molecular weight is 551 g/mol. The molecule has 5 rings (SSSR count). The Morgan fingerprint density at radius 1 is 1.11 bits per heavy atom. The summed E-state index contributed by atoms with van der Waals surface area (Å²) in [6.07, 6.45) is 5.99. The maximum absolute atomic E-state index is 13.5. The van der Waals surface area contributed by atoms with Gasteiger partial charge in [0.15, 0.2) is 5.78 Å². The monoisotopic (exact) mass is 550 g/mol. The second-order valence-electron chi connectivity index (χ2n) is 10.9. The van der Waals surface area contributed by atoms with Gasteiger partial charge >= 0.3 is 0 Å². The Balaban J connectivity index is 1.42. The highest BCUT2D eigenvalue weighted by molar-refractivity contribution is 7.98. The Bertz CT molecular complexity index is 1330. The van der Waals surface area contributed by atoms with Crippen molar-refractivity contribution in [3.63, 3.8) is 0 Å². The van der Waals surface area contributed by atoms with Crippen molar-refractivity contribution < 1.29 is 9.53 Å². The summed E-state index contributed by atoms with van der Waals surface area (Å²) in [6.45, 7) is 7.21. The lowest BCUT2D eigenvalue weighted by molar-refractivity contribution is -0.118. The van der Waals surface area contributed by atoms with E-state index in [1.54, 1.807) is 0 Å². The Morgan fingerprint density at radius 3 is 2.66 bits per heavy atom. The summed E-state index contributed by atoms with van der Waals surface area (Å²) >= 11 is 7.90. The third kappa shape index (κ3) is 5.94. The van der Waals surface area contributed by atoms with Crippen LogP contribution in [0.3, 0.4) is 0 Å². The highest BCUT2D eigenvalue weighted by Crippen LogP contribution is 2.46. The number of hydrogen-bond acceptors (Lipinski definition) is 6. The fourth-order valence-electron chi connectivity index (χ4n) is 5.18. The summed E-state index contributed by atoms with van der Waals surface area (Å²) < 4.78 is 7.83. The molecule has 0 saturated carbocycles. The summed E-state index contributed by atoms with van der Waals surface area (Å²) in [5.41, 5.74) is 3.68. The molecule has 1 unspecified atom stereocenters. The summed E-state index contributed by atoms with van der Waals surface area (Å²) in [4.78, 5) is 18.3. The first-order valence-electron chi connectivity index (χ1n) is 13.4. The van der Waals surface area contributed by atoms with Crippen LogP contribution in [0.5, 0.6) is 5.75 Å². The number of anilines is 1. The van der Waals surface area contributed by atoms with Crippen LogP contribution in [-0.2, 0) is 10.5 Å². The Hall–Kier alpha value is -2.77. The number of unbranched alkanes of at least 4 members (excludes halogenated alkanes) is 3. The summed E-state index contributed by atoms with van der Waals surface area (Å²) in [5, 5.41) is 9.70. The number of fused-ring (bicyclic) bond motifs is 1. The first-order chi connectivity index (χ1) is 18.3. The van der Waals surface area contributed by atoms with Crippen molar-refractivity contribution in [2.75, 3.05) is 11.9 Å². The third-order valence-corrected chi connectivity index (χ3v) is 8.34. The summed E-state index contributed by atoms with van der Waals surface area (Å²) in [7, 11) is 0. The zero-order valence-electron chi connectivity index (χ0n) is 22.3. The van der Waals surface area contributed by atoms with Crippen molar-refractivity contribution in [2.45, 2.75) is 76.2 Å². The second-order valence-corrected chi connectivity index (χ2v) is 12.2. The smallest absolute Gasteiger partial charge is 0.227 e. The molecule has 2 heterocycles. The Morgan fingerprint density at radius 2 is 1.89 bits per heavy atom. The minimum atomic E-state index is -0.328. The zero-order chi connectivity index (χ0) is 26.7. The molecule has 0 radical (unpaired) electrons. The topological polar surface area (TPSA) is 69.0 Å². The van der Waals surface area contributed by atoms with E-state index < -0.39 is 0 Å². The van der Waals surface area contributed by atoms with Crippen LogP contribution in [0.25, 0.3) is 0 Å². The van der Waals surface area contributed by atoms with Gasteiger partial charge in [-0.2, -0.15) is 4.98 Å². The Kier molecular flexibility index (Phi) is 8.15. The fourth-order valence-corrected chi connectivity index (χ4v) is 6.30. The normalized spacial score (nSPS) is 18.1. The number of halogens is 1. The van der Waals surface area contributed by atoms with Gasteiger partial charge in [0.05, 0.1) is 6.61 Å². The van der Waals surface area contributed by atoms with Crippen LogP contribution >= 0.6 is 23.4 Å². The predicted octanol–water partition coefficient (Wildman–Crippen LogP) is 7.84. The van der Waals surface area contributed by atoms with Crippen LogP contribution in [0.2, 0.25) is 5.02 Å². The summed E-state index contributed by atoms with van der Waals surface area (Å²) in [6, 6.07) is 15.6. The minimum Gasteiger partial charge on any atom is -0.494 e. The van der Waals surface area contributed by atoms with E-state index in [0.29, 0.717) is 23.3 Å². The first kappa shape index (κ1) is 26.8. The average Bonchev–Trinajstić information content (AvgIpc) is 3.29. The number of nitrogens with one attached hydrogen (secondary N) is 1. The number of thioether (sulfide) groups is 1. The SMILES string of the molecule is CCCCCCOc1ccc(C2C3=C(CC(C)(C)CC3=O)Nc3nc(SCc4ccccc4Cl)nn32)cc1. The maximum atomic E-state index is 13.5. The van der Waals surface area contributed by atoms with E-state index in [1.165, 1.54) is 31.0 Å². The van der Waals surface area contributed by atoms with Crippen LogP contribution < -0.4 is 10.1 Å². The lowest BCUT2D eigenvalue weighted by Gasteiger charge is -2.38. The van der Waals surface area contributed by atoms with Gasteiger partial charge in [-0.3, -0.25) is 4.79 Å². The van der Waals surface area contributed by atoms with Crippen LogP contribution in [-0.4, -0.2) is 27.2 Å². The quantitative estimate of drug-likeness (QED) is 0.205. The molecule has 200 valence electrons. The number of nitrogens with zero attached hydrogens (tertiary/aromatic N) is 3. The molecule has 38 heavy (non-hydrogen) atoms. The molecule has 0 amide bonds. The molecule has 1 aliphatic heterocycles. The molecule has 2 aliphatic rings. The van der Waals surface area contributed by atoms with Gasteiger partial charge in [-0.15, -0.1) is 5.10 Å². The van der Waals surface area contributed by atoms with Crippen LogP contribution in [0.1, 0.15) is 76.5 Å². The first-order valence-corrected chi connectivity index (χ1v) is 14.8. The molecule has 3 aromatic rings. The third-order valence-electron chi connectivity index (χ3n) is 7.09. The van der Waals surface area contributed by atoms with E-state index in [0.717, 1.165) is 52.6 Å². The lowest BCUT2D eigenvalue weighted by Crippen LogP contribution is -2.36. The van der Waals surface area contributed by atoms with E-state index >= 15 is 0 Å². The van der Waals surface area contributed by atoms with E-state index in [4.69, 9.17) is 26.4 Å². The Labute approximate surface area is 234 Å². The highest BCUT2D eigenvalue weighted by Gasteiger charge is 2.41. The number of carbonyl (C=O) groups excluding carboxylic acids is 1. The van der Waals surface area contributed by atoms with Crippen molar-refractivity contribution in [1.29, 1.82) is 0 Å². The predicted molar refractivity (Wildman–Crippen MR) is 154 cm³/mol. The molecule has 0 saturated heterocycles. The molecule has 1 atom stereocenters. The van der Waals surface area contributed by atoms with Crippen molar-refractivity contribution in [2.24, 2.45) is 5.41 Å². The highest BCUT2D eigenvalue weighted by atomic mass is 35.5. The van der Waals surface area contributed by atoms with Gasteiger partial charge in [0.1, 0.15) is 11.8 Å². The van der Waals surface area contributed by atoms with Crippen LogP contribution in [0.4, 0.5) is 5.95 Å². The van der Waals surface area contributed by atoms with Crippen LogP contribution in [0, 0.1) is 5.41 Å². The van der Waals surface area contributed by atoms with Crippen molar-refractivity contribution >= 4 is 35.1 Å². The number of rotatable bonds is 10. The second kappa shape index (κ2) is 11.5. The van der Waals surface area contributed by atoms with E-state index in [9.17, 15) is 4.79 Å². The van der Waals surface area contributed by atoms with Gasteiger partial charge in [0.2, 0.25) is 11.1 Å². The number of Topliss-reactive ketones (excluding diaryl/α,β-unsaturated/α-hetero) is 1. The van der Waals surface area contributed by atoms with Crippen molar-refractivity contribution in [1.82, 2.24) is 14.8 Å². The molecule has 1 aliphatic carbocycles. The van der Waals surface area contributed by atoms with Gasteiger partial charge in [-0.05, 0) is 47.6 Å². The van der Waals surface area contributed by atoms with Crippen molar-refractivity contribution in [3.8, 4) is 5.75 Å². The van der Waals surface area contributed by atoms with E-state index in [2.05, 4.69) is 38.2 Å². The number of ketones is 1. The number of benzene rings is 2. The minimum absolute atomic E-state index is 0.104. The molecule has 0 fully saturated rings. The number of ether oxygens (including phenoxy) is 1. The van der Waals surface area contributed by atoms with Crippen molar-refractivity contribution in [3.05, 3.63) is 76.0 Å². The molecule has 1 N–H and O–H groups in total. The van der Waals surface area contributed by atoms with Gasteiger partial charge in [-0.1, -0.05) is 93.7 Å². The van der Waals surface area contributed by atoms with Gasteiger partial charge < -0.3 is 10.1 Å². The number of aromatic nitrogens is 3. The lowest BCUT2D eigenvalue weighted by atomic mass is 9.73. The molecule has 6 nitrogen and oxygen atoms in total. The standard InChI is InChI=1S/C30H35ClN4O2S/c1-4-5-6-9-16-37-22-14-12-20(13-15-22)27-26-24(17-30(2,3)18-25(26)36)32-28-33-29(34-35(27)28)38-19-21-10-7-8-11-23(21)31/h7-8,10-15,27H,4-6,9,16-19H2,1-3H3,(H,32,33,34). The summed E-state index contributed by atoms with van der Waals surface area (Å²) in [5.74, 6) is 2.34. The van der Waals surface area contributed by atoms with E-state index in [-0.39, 0.29) is 17.2 Å². The maximum Gasteiger partial charge on any atom is 0.227 e. The molecule has 1 aromatic heterocycles. The van der Waals surface area contributed by atoms with Gasteiger partial charge in [0, 0.05) is 28.5 Å². The largest absolute Gasteiger partial charge is 0.494 e. The molecule has 0 spiro atoms. The van der Waals surface area contributed by atoms with Crippen LogP contribution in [0.15, 0.2) is 65.0 Å². The number of hydrogen-bond donors (Lipinski definition) is 1. The molecule has 2 aromatic carbocycles. The molecular weight excluding hydrogens is 516 g/mol. The molecular formula is C30H35ClN4O2S. The number of allylic oxidation sites excluding steroid dienone is 2. The molecule has 8 heteroatoms. The zero-order valence-corrected chi connectivity index (χ0v) is 23.9. The fraction of sp³-hybridized carbons (Fsp3) is 0.433. The van der Waals surface area contributed by atoms with E-state index in [1.807, 2.05) is 41.1 Å². The van der Waals surface area contributed by atoms with Gasteiger partial charge in [-0.25, -0.2) is 4.68 Å². The number of carbonyl (C=O) groups is 1. The molecule has 0 bridgehead atoms.